The standard InChI is InChI=1S/C30H27N5S.C27H26N4S/c1-18(2)11-19(3)32-23-12-22(15-31-16-23)20-7-8-28-26(13-20)30(35-34-28)29-14-25-24(21-9-10-36-17-21)5-4-6-27(25)33-29;1-16(2)32-15-18(4)20-6-5-7-24-21(20)13-26(29-24)27-22-12-19(8-9-25(22)30-31-27)23-14-28-11-10-17(23)3/h4-10,12-18,32-33H,3,11H2,1-2H3,(H,34,35);5-16,29H,1-4H3,(H,30,31)/b;18-15+. The molecule has 11 rings (SSSR count). The third-order valence-electron chi connectivity index (χ3n) is 12.1. The molecule has 0 atom stereocenters. The van der Waals surface area contributed by atoms with E-state index in [2.05, 4.69) is 207 Å². The number of hydrogen-bond donors (Lipinski definition) is 5. The third-order valence-corrected chi connectivity index (χ3v) is 13.9. The quantitative estimate of drug-likeness (QED) is 0.0831. The maximum absolute atomic E-state index is 4.68. The van der Waals surface area contributed by atoms with Crippen LogP contribution in [0.4, 0.5) is 5.69 Å². The number of benzene rings is 4. The molecule has 0 bridgehead atoms. The van der Waals surface area contributed by atoms with Gasteiger partial charge in [0.2, 0.25) is 0 Å². The number of allylic oxidation sites excluding steroid dienone is 2. The topological polar surface area (TPSA) is 127 Å². The Labute approximate surface area is 404 Å². The Morgan fingerprint density at radius 1 is 0.676 bits per heavy atom. The summed E-state index contributed by atoms with van der Waals surface area (Å²) in [6, 6.07) is 36.4. The molecule has 0 aliphatic heterocycles. The van der Waals surface area contributed by atoms with E-state index in [0.717, 1.165) is 95.7 Å². The molecule has 0 aliphatic carbocycles. The molecule has 7 aromatic heterocycles. The number of aromatic amines is 4. The van der Waals surface area contributed by atoms with E-state index in [1.165, 1.54) is 38.6 Å². The van der Waals surface area contributed by atoms with E-state index in [-0.39, 0.29) is 0 Å². The maximum Gasteiger partial charge on any atom is 0.116 e. The molecule has 0 radical (unpaired) electrons. The molecular weight excluding hydrogens is 875 g/mol. The second kappa shape index (κ2) is 19.0. The number of nitrogens with one attached hydrogen (secondary N) is 5. The van der Waals surface area contributed by atoms with Crippen molar-refractivity contribution in [2.45, 2.75) is 53.2 Å². The predicted octanol–water partition coefficient (Wildman–Crippen LogP) is 16.1. The van der Waals surface area contributed by atoms with Crippen molar-refractivity contribution in [2.24, 2.45) is 5.92 Å². The first-order chi connectivity index (χ1) is 33.1. The molecular formula is C57H53N9S2. The zero-order chi connectivity index (χ0) is 46.9. The van der Waals surface area contributed by atoms with Gasteiger partial charge >= 0.3 is 0 Å². The van der Waals surface area contributed by atoms with E-state index in [4.69, 9.17) is 0 Å². The number of rotatable bonds is 12. The van der Waals surface area contributed by atoms with Crippen molar-refractivity contribution < 1.29 is 0 Å². The van der Waals surface area contributed by atoms with Gasteiger partial charge in [-0.1, -0.05) is 70.7 Å². The first-order valence-electron chi connectivity index (χ1n) is 22.9. The fourth-order valence-corrected chi connectivity index (χ4v) is 10.1. The average Bonchev–Trinajstić information content (AvgIpc) is 4.20. The van der Waals surface area contributed by atoms with Gasteiger partial charge in [-0.15, -0.1) is 11.8 Å². The lowest BCUT2D eigenvalue weighted by Crippen LogP contribution is -2.02. The molecule has 5 N–H and O–H groups in total. The molecule has 338 valence electrons. The molecule has 0 amide bonds. The largest absolute Gasteiger partial charge is 0.358 e. The van der Waals surface area contributed by atoms with Gasteiger partial charge in [0.05, 0.1) is 34.3 Å². The van der Waals surface area contributed by atoms with Gasteiger partial charge < -0.3 is 15.3 Å². The van der Waals surface area contributed by atoms with Crippen LogP contribution in [0, 0.1) is 12.8 Å². The second-order valence-electron chi connectivity index (χ2n) is 18.0. The summed E-state index contributed by atoms with van der Waals surface area (Å²) in [4.78, 5) is 16.0. The van der Waals surface area contributed by atoms with E-state index in [1.807, 2.05) is 42.6 Å². The van der Waals surface area contributed by atoms with Crippen molar-refractivity contribution in [2.75, 3.05) is 5.32 Å². The van der Waals surface area contributed by atoms with Crippen LogP contribution >= 0.6 is 23.1 Å². The van der Waals surface area contributed by atoms with Crippen LogP contribution in [0.3, 0.4) is 0 Å². The van der Waals surface area contributed by atoms with Gasteiger partial charge in [-0.3, -0.25) is 20.2 Å². The lowest BCUT2D eigenvalue weighted by molar-refractivity contribution is 0.645. The Kier molecular flexibility index (Phi) is 12.4. The molecule has 4 aromatic carbocycles. The summed E-state index contributed by atoms with van der Waals surface area (Å²) in [7, 11) is 0. The molecule has 0 fully saturated rings. The summed E-state index contributed by atoms with van der Waals surface area (Å²) >= 11 is 3.57. The average molecular weight is 928 g/mol. The van der Waals surface area contributed by atoms with E-state index < -0.39 is 0 Å². The Morgan fingerprint density at radius 2 is 1.37 bits per heavy atom. The summed E-state index contributed by atoms with van der Waals surface area (Å²) in [5.41, 5.74) is 20.7. The number of thioether (sulfide) groups is 1. The monoisotopic (exact) mass is 927 g/mol. The highest BCUT2D eigenvalue weighted by Gasteiger charge is 2.17. The molecule has 0 saturated carbocycles. The minimum atomic E-state index is 0.550. The highest BCUT2D eigenvalue weighted by molar-refractivity contribution is 8.02. The van der Waals surface area contributed by atoms with E-state index in [9.17, 15) is 0 Å². The smallest absolute Gasteiger partial charge is 0.116 e. The van der Waals surface area contributed by atoms with Gasteiger partial charge in [-0.2, -0.15) is 21.5 Å². The summed E-state index contributed by atoms with van der Waals surface area (Å²) in [5, 5.41) is 30.9. The Bertz CT molecular complexity index is 3620. The van der Waals surface area contributed by atoms with E-state index >= 15 is 0 Å². The Balaban J connectivity index is 0.000000160. The molecule has 7 heterocycles. The normalized spacial score (nSPS) is 11.9. The van der Waals surface area contributed by atoms with Gasteiger partial charge in [-0.05, 0) is 148 Å². The van der Waals surface area contributed by atoms with Crippen LogP contribution in [-0.4, -0.2) is 45.6 Å². The van der Waals surface area contributed by atoms with Crippen molar-refractivity contribution in [1.82, 2.24) is 40.3 Å². The number of thiophene rings is 1. The van der Waals surface area contributed by atoms with Gasteiger partial charge in [0, 0.05) is 73.2 Å². The van der Waals surface area contributed by atoms with Gasteiger partial charge in [0.1, 0.15) is 11.4 Å². The summed E-state index contributed by atoms with van der Waals surface area (Å²) in [5.74, 6) is 0.550. The van der Waals surface area contributed by atoms with Crippen molar-refractivity contribution in [3.63, 3.8) is 0 Å². The first kappa shape index (κ1) is 44.4. The first-order valence-corrected chi connectivity index (χ1v) is 24.8. The van der Waals surface area contributed by atoms with Gasteiger partial charge in [-0.25, -0.2) is 0 Å². The summed E-state index contributed by atoms with van der Waals surface area (Å²) < 4.78 is 0. The maximum atomic E-state index is 4.68. The zero-order valence-electron chi connectivity index (χ0n) is 39.0. The fourth-order valence-electron chi connectivity index (χ4n) is 8.85. The number of anilines is 1. The van der Waals surface area contributed by atoms with Gasteiger partial charge in [0.25, 0.3) is 0 Å². The fraction of sp³-hybridized carbons (Fsp3) is 0.158. The number of nitrogens with zero attached hydrogens (tertiary/aromatic N) is 4. The SMILES string of the molecule is C/C(=C\SC(C)C)c1cccc2[nH]c(-c3n[nH]c4ccc(-c5cnccc5C)cc34)cc12.C=C(CC(C)C)Nc1cncc(-c2ccc3[nH]nc(-c4cc5c(-c6ccsc6)cccc5[nH]4)c3c2)c1. The molecule has 0 aliphatic rings. The van der Waals surface area contributed by atoms with E-state index in [0.29, 0.717) is 11.2 Å². The molecule has 68 heavy (non-hydrogen) atoms. The number of aryl methyl sites for hydroxylation is 1. The number of fused-ring (bicyclic) bond motifs is 4. The molecule has 0 spiro atoms. The highest BCUT2D eigenvalue weighted by Crippen LogP contribution is 2.38. The lowest BCUT2D eigenvalue weighted by Gasteiger charge is -2.12. The number of hydrogen-bond acceptors (Lipinski definition) is 7. The van der Waals surface area contributed by atoms with Crippen molar-refractivity contribution in [3.05, 3.63) is 167 Å². The molecule has 11 aromatic rings. The number of H-pyrrole nitrogens is 4. The van der Waals surface area contributed by atoms with E-state index in [1.54, 1.807) is 11.3 Å². The summed E-state index contributed by atoms with van der Waals surface area (Å²) in [6.07, 6.45) is 8.42. The lowest BCUT2D eigenvalue weighted by atomic mass is 10.0. The van der Waals surface area contributed by atoms with Crippen LogP contribution in [0.1, 0.15) is 52.2 Å². The zero-order valence-corrected chi connectivity index (χ0v) is 40.7. The van der Waals surface area contributed by atoms with Crippen LogP contribution < -0.4 is 5.32 Å². The van der Waals surface area contributed by atoms with Crippen LogP contribution in [0.2, 0.25) is 0 Å². The minimum absolute atomic E-state index is 0.550. The minimum Gasteiger partial charge on any atom is -0.358 e. The highest BCUT2D eigenvalue weighted by atomic mass is 32.2. The van der Waals surface area contributed by atoms with Crippen molar-refractivity contribution >= 4 is 78.0 Å². The Hall–Kier alpha value is -7.47. The van der Waals surface area contributed by atoms with Crippen molar-refractivity contribution in [1.29, 1.82) is 0 Å². The molecule has 0 unspecified atom stereocenters. The van der Waals surface area contributed by atoms with Crippen LogP contribution in [0.25, 0.3) is 105 Å². The number of pyridine rings is 2. The molecule has 0 saturated heterocycles. The third kappa shape index (κ3) is 9.15. The Morgan fingerprint density at radius 3 is 2.06 bits per heavy atom. The van der Waals surface area contributed by atoms with Crippen LogP contribution in [-0.2, 0) is 0 Å². The molecule has 9 nitrogen and oxygen atoms in total. The predicted molar refractivity (Wildman–Crippen MR) is 290 cm³/mol. The summed E-state index contributed by atoms with van der Waals surface area (Å²) in [6.45, 7) is 17.3. The van der Waals surface area contributed by atoms with Crippen LogP contribution in [0.5, 0.6) is 0 Å². The number of aromatic nitrogens is 8. The van der Waals surface area contributed by atoms with Gasteiger partial charge in [0.15, 0.2) is 0 Å². The molecule has 11 heteroatoms. The van der Waals surface area contributed by atoms with Crippen LogP contribution in [0.15, 0.2) is 156 Å². The van der Waals surface area contributed by atoms with Crippen molar-refractivity contribution in [3.8, 4) is 56.2 Å². The second-order valence-corrected chi connectivity index (χ2v) is 20.3.